The summed E-state index contributed by atoms with van der Waals surface area (Å²) in [5.74, 6) is 0.0788. The first-order valence-electron chi connectivity index (χ1n) is 8.02. The zero-order valence-corrected chi connectivity index (χ0v) is 14.0. The molecule has 134 valence electrons. The minimum Gasteiger partial charge on any atom is -0.365 e. The second-order valence-corrected chi connectivity index (χ2v) is 5.38. The van der Waals surface area contributed by atoms with Crippen LogP contribution in [0, 0.1) is 0 Å². The van der Waals surface area contributed by atoms with Gasteiger partial charge in [-0.3, -0.25) is 4.79 Å². The van der Waals surface area contributed by atoms with E-state index >= 15 is 0 Å². The SMILES string of the molecule is NCCCNc1ncc(C(N)=O)c(Nc2cccc(-n3nccn3)c2)n1. The molecule has 2 aromatic heterocycles. The number of nitrogens with zero attached hydrogens (tertiary/aromatic N) is 5. The van der Waals surface area contributed by atoms with Gasteiger partial charge < -0.3 is 22.1 Å². The molecule has 0 aliphatic rings. The number of rotatable bonds is 8. The zero-order chi connectivity index (χ0) is 18.4. The number of benzene rings is 1. The number of carbonyl (C=O) groups excluding carboxylic acids is 1. The van der Waals surface area contributed by atoms with Crippen LogP contribution in [-0.4, -0.2) is 44.0 Å². The van der Waals surface area contributed by atoms with Crippen molar-refractivity contribution in [2.45, 2.75) is 6.42 Å². The lowest BCUT2D eigenvalue weighted by atomic mass is 10.2. The third-order valence-corrected chi connectivity index (χ3v) is 3.48. The Kier molecular flexibility index (Phi) is 5.34. The molecule has 26 heavy (non-hydrogen) atoms. The van der Waals surface area contributed by atoms with Crippen LogP contribution >= 0.6 is 0 Å². The Morgan fingerprint density at radius 1 is 1.23 bits per heavy atom. The molecule has 0 saturated carbocycles. The topological polar surface area (TPSA) is 150 Å². The van der Waals surface area contributed by atoms with E-state index in [-0.39, 0.29) is 5.56 Å². The Hall–Kier alpha value is -3.53. The summed E-state index contributed by atoms with van der Waals surface area (Å²) < 4.78 is 0. The van der Waals surface area contributed by atoms with Gasteiger partial charge in [-0.2, -0.15) is 20.0 Å². The fourth-order valence-electron chi connectivity index (χ4n) is 2.24. The summed E-state index contributed by atoms with van der Waals surface area (Å²) in [7, 11) is 0. The standard InChI is InChI=1S/C16H19N9O/c17-5-2-6-19-16-20-10-13(14(18)26)15(24-16)23-11-3-1-4-12(9-11)25-21-7-8-22-25/h1,3-4,7-10H,2,5-6,17H2,(H2,18,26)(H2,19,20,23,24). The van der Waals surface area contributed by atoms with E-state index in [1.54, 1.807) is 12.4 Å². The molecule has 0 fully saturated rings. The van der Waals surface area contributed by atoms with Crippen molar-refractivity contribution in [2.24, 2.45) is 11.5 Å². The third-order valence-electron chi connectivity index (χ3n) is 3.48. The first kappa shape index (κ1) is 17.3. The highest BCUT2D eigenvalue weighted by atomic mass is 16.1. The Morgan fingerprint density at radius 3 is 2.77 bits per heavy atom. The average molecular weight is 353 g/mol. The molecule has 1 aromatic carbocycles. The Balaban J connectivity index is 1.86. The number of nitrogens with one attached hydrogen (secondary N) is 2. The molecule has 0 atom stereocenters. The van der Waals surface area contributed by atoms with Crippen molar-refractivity contribution in [3.8, 4) is 5.69 Å². The van der Waals surface area contributed by atoms with Crippen LogP contribution in [-0.2, 0) is 0 Å². The second kappa shape index (κ2) is 8.03. The van der Waals surface area contributed by atoms with Gasteiger partial charge in [-0.15, -0.1) is 0 Å². The number of primary amides is 1. The summed E-state index contributed by atoms with van der Waals surface area (Å²) in [6, 6.07) is 7.36. The molecule has 10 nitrogen and oxygen atoms in total. The maximum atomic E-state index is 11.7. The molecule has 0 saturated heterocycles. The fourth-order valence-corrected chi connectivity index (χ4v) is 2.24. The van der Waals surface area contributed by atoms with Gasteiger partial charge in [0.1, 0.15) is 11.4 Å². The van der Waals surface area contributed by atoms with Crippen LogP contribution in [0.25, 0.3) is 5.69 Å². The van der Waals surface area contributed by atoms with Crippen LogP contribution in [0.3, 0.4) is 0 Å². The number of nitrogens with two attached hydrogens (primary N) is 2. The van der Waals surface area contributed by atoms with E-state index in [0.717, 1.165) is 12.1 Å². The van der Waals surface area contributed by atoms with Crippen molar-refractivity contribution >= 4 is 23.4 Å². The largest absolute Gasteiger partial charge is 0.365 e. The van der Waals surface area contributed by atoms with Crippen molar-refractivity contribution in [3.63, 3.8) is 0 Å². The molecule has 0 radical (unpaired) electrons. The summed E-state index contributed by atoms with van der Waals surface area (Å²) >= 11 is 0. The molecule has 0 bridgehead atoms. The molecular formula is C16H19N9O. The number of anilines is 3. The minimum absolute atomic E-state index is 0.192. The summed E-state index contributed by atoms with van der Waals surface area (Å²) in [5.41, 5.74) is 12.6. The summed E-state index contributed by atoms with van der Waals surface area (Å²) in [6.45, 7) is 1.19. The van der Waals surface area contributed by atoms with Gasteiger partial charge in [-0.05, 0) is 31.2 Å². The number of carbonyl (C=O) groups is 1. The smallest absolute Gasteiger partial charge is 0.254 e. The number of hydrogen-bond donors (Lipinski definition) is 4. The second-order valence-electron chi connectivity index (χ2n) is 5.38. The Bertz CT molecular complexity index is 879. The van der Waals surface area contributed by atoms with Gasteiger partial charge in [0, 0.05) is 18.4 Å². The van der Waals surface area contributed by atoms with Crippen LogP contribution in [0.4, 0.5) is 17.5 Å². The third kappa shape index (κ3) is 4.11. The molecule has 0 aliphatic heterocycles. The monoisotopic (exact) mass is 353 g/mol. The Morgan fingerprint density at radius 2 is 2.04 bits per heavy atom. The van der Waals surface area contributed by atoms with Crippen LogP contribution in [0.1, 0.15) is 16.8 Å². The van der Waals surface area contributed by atoms with Gasteiger partial charge in [0.15, 0.2) is 0 Å². The van der Waals surface area contributed by atoms with Crippen LogP contribution < -0.4 is 22.1 Å². The lowest BCUT2D eigenvalue weighted by molar-refractivity contribution is 0.100. The molecule has 6 N–H and O–H groups in total. The van der Waals surface area contributed by atoms with E-state index in [1.807, 2.05) is 24.3 Å². The van der Waals surface area contributed by atoms with Gasteiger partial charge in [-0.25, -0.2) is 4.98 Å². The number of aromatic nitrogens is 5. The summed E-state index contributed by atoms with van der Waals surface area (Å²) in [4.78, 5) is 21.6. The summed E-state index contributed by atoms with van der Waals surface area (Å²) in [5, 5.41) is 14.3. The van der Waals surface area contributed by atoms with Gasteiger partial charge >= 0.3 is 0 Å². The maximum Gasteiger partial charge on any atom is 0.254 e. The van der Waals surface area contributed by atoms with Crippen molar-refractivity contribution in [1.29, 1.82) is 0 Å². The van der Waals surface area contributed by atoms with Crippen molar-refractivity contribution in [2.75, 3.05) is 23.7 Å². The molecule has 3 rings (SSSR count). The first-order chi connectivity index (χ1) is 12.7. The van der Waals surface area contributed by atoms with Crippen LogP contribution in [0.5, 0.6) is 0 Å². The maximum absolute atomic E-state index is 11.7. The van der Waals surface area contributed by atoms with Gasteiger partial charge in [0.2, 0.25) is 5.95 Å². The molecular weight excluding hydrogens is 334 g/mol. The molecule has 0 unspecified atom stereocenters. The van der Waals surface area contributed by atoms with Gasteiger partial charge in [-0.1, -0.05) is 6.07 Å². The van der Waals surface area contributed by atoms with Crippen molar-refractivity contribution in [1.82, 2.24) is 25.0 Å². The van der Waals surface area contributed by atoms with E-state index in [4.69, 9.17) is 11.5 Å². The van der Waals surface area contributed by atoms with Crippen molar-refractivity contribution < 1.29 is 4.79 Å². The van der Waals surface area contributed by atoms with Gasteiger partial charge in [0.05, 0.1) is 18.1 Å². The van der Waals surface area contributed by atoms with E-state index < -0.39 is 5.91 Å². The van der Waals surface area contributed by atoms with Crippen LogP contribution in [0.2, 0.25) is 0 Å². The molecule has 1 amide bonds. The van der Waals surface area contributed by atoms with E-state index in [9.17, 15) is 4.79 Å². The molecule has 0 spiro atoms. The predicted molar refractivity (Wildman–Crippen MR) is 97.4 cm³/mol. The predicted octanol–water partition coefficient (Wildman–Crippen LogP) is 0.660. The van der Waals surface area contributed by atoms with Crippen molar-refractivity contribution in [3.05, 3.63) is 48.4 Å². The molecule has 0 aliphatic carbocycles. The Labute approximate surface area is 149 Å². The minimum atomic E-state index is -0.620. The van der Waals surface area contributed by atoms with E-state index in [1.165, 1.54) is 11.0 Å². The molecule has 3 aromatic rings. The number of hydrogen-bond acceptors (Lipinski definition) is 8. The van der Waals surface area contributed by atoms with Crippen LogP contribution in [0.15, 0.2) is 42.9 Å². The lowest BCUT2D eigenvalue weighted by Gasteiger charge is -2.12. The van der Waals surface area contributed by atoms with E-state index in [0.29, 0.717) is 30.5 Å². The molecule has 2 heterocycles. The first-order valence-corrected chi connectivity index (χ1v) is 8.02. The normalized spacial score (nSPS) is 10.5. The summed E-state index contributed by atoms with van der Waals surface area (Å²) in [6.07, 6.45) is 5.36. The van der Waals surface area contributed by atoms with Gasteiger partial charge in [0.25, 0.3) is 5.91 Å². The highest BCUT2D eigenvalue weighted by Gasteiger charge is 2.13. The van der Waals surface area contributed by atoms with E-state index in [2.05, 4.69) is 30.8 Å². The average Bonchev–Trinajstić information content (AvgIpc) is 3.17. The highest BCUT2D eigenvalue weighted by molar-refractivity contribution is 5.98. The number of amides is 1. The quantitative estimate of drug-likeness (QED) is 0.431. The fraction of sp³-hybridized carbons (Fsp3) is 0.188. The molecule has 10 heteroatoms. The zero-order valence-electron chi connectivity index (χ0n) is 14.0. The highest BCUT2D eigenvalue weighted by Crippen LogP contribution is 2.21. The lowest BCUT2D eigenvalue weighted by Crippen LogP contribution is -2.17.